The fourth-order valence-electron chi connectivity index (χ4n) is 2.18. The molecule has 3 nitrogen and oxygen atoms in total. The summed E-state index contributed by atoms with van der Waals surface area (Å²) in [6.07, 6.45) is 0. The van der Waals surface area contributed by atoms with Crippen LogP contribution in [0.2, 0.25) is 0 Å². The predicted molar refractivity (Wildman–Crippen MR) is 73.5 cm³/mol. The molecule has 0 radical (unpaired) electrons. The molecule has 0 bridgehead atoms. The number of nitrogens with two attached hydrogens (primary N) is 1. The van der Waals surface area contributed by atoms with Crippen LogP contribution >= 0.6 is 0 Å². The molecular weight excluding hydrogens is 212 g/mol. The van der Waals surface area contributed by atoms with Gasteiger partial charge in [0.25, 0.3) is 0 Å². The summed E-state index contributed by atoms with van der Waals surface area (Å²) < 4.78 is 5.21. The lowest BCUT2D eigenvalue weighted by atomic mass is 10.0. The maximum Gasteiger partial charge on any atom is 0.0507 e. The molecule has 3 heteroatoms. The van der Waals surface area contributed by atoms with Crippen molar-refractivity contribution in [2.24, 2.45) is 11.7 Å². The zero-order valence-corrected chi connectivity index (χ0v) is 11.3. The molecule has 0 aliphatic carbocycles. The van der Waals surface area contributed by atoms with Crippen molar-refractivity contribution in [3.8, 4) is 0 Å². The van der Waals surface area contributed by atoms with Crippen molar-refractivity contribution in [2.45, 2.75) is 19.9 Å². The first-order chi connectivity index (χ1) is 8.10. The fraction of sp³-hybridized carbons (Fsp3) is 0.571. The Balaban J connectivity index is 2.81. The van der Waals surface area contributed by atoms with Crippen LogP contribution in [0.4, 0.5) is 5.69 Å². The van der Waals surface area contributed by atoms with Gasteiger partial charge < -0.3 is 15.4 Å². The van der Waals surface area contributed by atoms with Gasteiger partial charge in [0, 0.05) is 38.3 Å². The minimum Gasteiger partial charge on any atom is -0.384 e. The summed E-state index contributed by atoms with van der Waals surface area (Å²) in [6, 6.07) is 8.79. The number of ether oxygens (including phenoxy) is 1. The van der Waals surface area contributed by atoms with Crippen LogP contribution in [0.15, 0.2) is 24.3 Å². The minimum absolute atomic E-state index is 0.303. The van der Waals surface area contributed by atoms with Gasteiger partial charge >= 0.3 is 0 Å². The number of likely N-dealkylation sites (N-methyl/N-ethyl adjacent to an activating group) is 1. The van der Waals surface area contributed by atoms with Crippen LogP contribution in [0.1, 0.15) is 12.5 Å². The first-order valence-electron chi connectivity index (χ1n) is 6.08. The Labute approximate surface area is 105 Å². The van der Waals surface area contributed by atoms with Crippen LogP contribution in [-0.4, -0.2) is 33.4 Å². The number of hydrogen-bond acceptors (Lipinski definition) is 3. The van der Waals surface area contributed by atoms with E-state index in [4.69, 9.17) is 10.5 Å². The smallest absolute Gasteiger partial charge is 0.0507 e. The molecule has 1 aromatic rings. The highest BCUT2D eigenvalue weighted by atomic mass is 16.5. The molecule has 0 spiro atoms. The monoisotopic (exact) mass is 236 g/mol. The summed E-state index contributed by atoms with van der Waals surface area (Å²) in [5, 5.41) is 0. The van der Waals surface area contributed by atoms with E-state index in [-0.39, 0.29) is 0 Å². The van der Waals surface area contributed by atoms with Crippen molar-refractivity contribution in [1.82, 2.24) is 0 Å². The first kappa shape index (κ1) is 14.0. The lowest BCUT2D eigenvalue weighted by Gasteiger charge is -2.33. The topological polar surface area (TPSA) is 38.5 Å². The van der Waals surface area contributed by atoms with Crippen molar-refractivity contribution in [2.75, 3.05) is 32.2 Å². The minimum atomic E-state index is 0.303. The summed E-state index contributed by atoms with van der Waals surface area (Å²) in [7, 11) is 3.83. The van der Waals surface area contributed by atoms with Gasteiger partial charge in [-0.3, -0.25) is 0 Å². The van der Waals surface area contributed by atoms with Crippen LogP contribution in [0, 0.1) is 12.8 Å². The second kappa shape index (κ2) is 6.62. The van der Waals surface area contributed by atoms with Crippen molar-refractivity contribution in [1.29, 1.82) is 0 Å². The lowest BCUT2D eigenvalue weighted by Crippen LogP contribution is -2.44. The Morgan fingerprint density at radius 2 is 2.12 bits per heavy atom. The molecule has 0 aliphatic rings. The predicted octanol–water partition coefficient (Wildman–Crippen LogP) is 2.04. The van der Waals surface area contributed by atoms with Gasteiger partial charge in [-0.2, -0.15) is 0 Å². The van der Waals surface area contributed by atoms with Crippen LogP contribution in [0.5, 0.6) is 0 Å². The van der Waals surface area contributed by atoms with Crippen LogP contribution < -0.4 is 10.6 Å². The van der Waals surface area contributed by atoms with Gasteiger partial charge in [-0.15, -0.1) is 0 Å². The van der Waals surface area contributed by atoms with Crippen molar-refractivity contribution < 1.29 is 4.74 Å². The molecule has 2 atom stereocenters. The summed E-state index contributed by atoms with van der Waals surface area (Å²) in [6.45, 7) is 5.65. The Bertz CT molecular complexity index is 341. The van der Waals surface area contributed by atoms with Crippen LogP contribution in [-0.2, 0) is 4.74 Å². The normalized spacial score (nSPS) is 14.4. The molecule has 0 saturated heterocycles. The fourth-order valence-corrected chi connectivity index (χ4v) is 2.18. The number of anilines is 1. The third-order valence-electron chi connectivity index (χ3n) is 3.23. The standard InChI is InChI=1S/C14H24N2O/c1-11-6-5-7-13(8-11)16(3)14(9-15)12(2)10-17-4/h5-8,12,14H,9-10,15H2,1-4H3. The summed E-state index contributed by atoms with van der Waals surface area (Å²) in [4.78, 5) is 2.25. The van der Waals surface area contributed by atoms with Gasteiger partial charge in [0.1, 0.15) is 0 Å². The second-order valence-corrected chi connectivity index (χ2v) is 4.69. The van der Waals surface area contributed by atoms with Gasteiger partial charge in [0.05, 0.1) is 6.61 Å². The maximum atomic E-state index is 5.88. The molecule has 0 saturated carbocycles. The Morgan fingerprint density at radius 3 is 2.65 bits per heavy atom. The Morgan fingerprint density at radius 1 is 1.41 bits per heavy atom. The highest BCUT2D eigenvalue weighted by molar-refractivity contribution is 5.48. The molecule has 0 heterocycles. The van der Waals surface area contributed by atoms with Gasteiger partial charge in [-0.05, 0) is 24.6 Å². The highest BCUT2D eigenvalue weighted by Crippen LogP contribution is 2.20. The largest absolute Gasteiger partial charge is 0.384 e. The molecule has 0 amide bonds. The van der Waals surface area contributed by atoms with Crippen molar-refractivity contribution in [3.05, 3.63) is 29.8 Å². The number of methoxy groups -OCH3 is 1. The van der Waals surface area contributed by atoms with Crippen molar-refractivity contribution >= 4 is 5.69 Å². The molecule has 96 valence electrons. The van der Waals surface area contributed by atoms with Crippen molar-refractivity contribution in [3.63, 3.8) is 0 Å². The van der Waals surface area contributed by atoms with E-state index in [1.165, 1.54) is 11.3 Å². The molecule has 1 rings (SSSR count). The van der Waals surface area contributed by atoms with E-state index in [0.717, 1.165) is 6.61 Å². The number of rotatable bonds is 6. The zero-order chi connectivity index (χ0) is 12.8. The molecular formula is C14H24N2O. The van der Waals surface area contributed by atoms with E-state index >= 15 is 0 Å². The van der Waals surface area contributed by atoms with Gasteiger partial charge in [0.2, 0.25) is 0 Å². The average Bonchev–Trinajstić information content (AvgIpc) is 2.30. The van der Waals surface area contributed by atoms with Crippen LogP contribution in [0.3, 0.4) is 0 Å². The quantitative estimate of drug-likeness (QED) is 0.821. The van der Waals surface area contributed by atoms with Gasteiger partial charge in [-0.25, -0.2) is 0 Å². The maximum absolute atomic E-state index is 5.88. The summed E-state index contributed by atoms with van der Waals surface area (Å²) in [5.74, 6) is 0.413. The molecule has 17 heavy (non-hydrogen) atoms. The van der Waals surface area contributed by atoms with E-state index in [2.05, 4.69) is 50.1 Å². The molecule has 0 aromatic heterocycles. The van der Waals surface area contributed by atoms with E-state index in [9.17, 15) is 0 Å². The van der Waals surface area contributed by atoms with Gasteiger partial charge in [0.15, 0.2) is 0 Å². The average molecular weight is 236 g/mol. The third kappa shape index (κ3) is 3.72. The number of nitrogens with zero attached hydrogens (tertiary/aromatic N) is 1. The SMILES string of the molecule is COCC(C)C(CN)N(C)c1cccc(C)c1. The Hall–Kier alpha value is -1.06. The molecule has 2 N–H and O–H groups in total. The summed E-state index contributed by atoms with van der Waals surface area (Å²) in [5.41, 5.74) is 8.36. The molecule has 2 unspecified atom stereocenters. The Kier molecular flexibility index (Phi) is 5.45. The van der Waals surface area contributed by atoms with E-state index in [1.807, 2.05) is 0 Å². The zero-order valence-electron chi connectivity index (χ0n) is 11.3. The van der Waals surface area contributed by atoms with Crippen LogP contribution in [0.25, 0.3) is 0 Å². The van der Waals surface area contributed by atoms with E-state index in [0.29, 0.717) is 18.5 Å². The van der Waals surface area contributed by atoms with E-state index in [1.54, 1.807) is 7.11 Å². The molecule has 0 aliphatic heterocycles. The second-order valence-electron chi connectivity index (χ2n) is 4.69. The summed E-state index contributed by atoms with van der Waals surface area (Å²) >= 11 is 0. The molecule has 0 fully saturated rings. The number of aryl methyl sites for hydroxylation is 1. The first-order valence-corrected chi connectivity index (χ1v) is 6.08. The van der Waals surface area contributed by atoms with Gasteiger partial charge in [-0.1, -0.05) is 19.1 Å². The highest BCUT2D eigenvalue weighted by Gasteiger charge is 2.20. The number of benzene rings is 1. The molecule has 1 aromatic carbocycles. The number of hydrogen-bond donors (Lipinski definition) is 1. The third-order valence-corrected chi connectivity index (χ3v) is 3.23. The lowest BCUT2D eigenvalue weighted by molar-refractivity contribution is 0.147. The van der Waals surface area contributed by atoms with E-state index < -0.39 is 0 Å².